The second kappa shape index (κ2) is 3.96. The minimum atomic E-state index is 0.760. The van der Waals surface area contributed by atoms with Gasteiger partial charge in [-0.2, -0.15) is 0 Å². The maximum Gasteiger partial charge on any atom is 0.151 e. The van der Waals surface area contributed by atoms with Crippen LogP contribution >= 0.6 is 35.7 Å². The van der Waals surface area contributed by atoms with E-state index in [4.69, 9.17) is 0 Å². The molecule has 0 unspecified atom stereocenters. The van der Waals surface area contributed by atoms with Crippen molar-refractivity contribution >= 4 is 52.1 Å². The number of rotatable bonds is 2. The summed E-state index contributed by atoms with van der Waals surface area (Å²) in [5.74, 6) is 0. The molecular formula is C10H8OS3. The van der Waals surface area contributed by atoms with Gasteiger partial charge in [0.1, 0.15) is 0 Å². The summed E-state index contributed by atoms with van der Waals surface area (Å²) in [6.45, 7) is 0. The molecular weight excluding hydrogens is 232 g/mol. The highest BCUT2D eigenvalue weighted by Crippen LogP contribution is 2.34. The van der Waals surface area contributed by atoms with E-state index < -0.39 is 0 Å². The van der Waals surface area contributed by atoms with Crippen LogP contribution in [0.4, 0.5) is 0 Å². The van der Waals surface area contributed by atoms with Crippen LogP contribution in [0.15, 0.2) is 27.3 Å². The molecule has 0 saturated heterocycles. The number of hydrogen-bond donors (Lipinski definition) is 1. The lowest BCUT2D eigenvalue weighted by atomic mass is 10.2. The molecule has 0 N–H and O–H groups in total. The molecule has 0 aliphatic rings. The fourth-order valence-electron chi connectivity index (χ4n) is 1.32. The van der Waals surface area contributed by atoms with Gasteiger partial charge in [0.2, 0.25) is 0 Å². The first-order valence-electron chi connectivity index (χ1n) is 3.99. The zero-order chi connectivity index (χ0) is 10.1. The van der Waals surface area contributed by atoms with Crippen LogP contribution in [0.1, 0.15) is 10.4 Å². The van der Waals surface area contributed by atoms with Crippen LogP contribution in [0, 0.1) is 0 Å². The monoisotopic (exact) mass is 240 g/mol. The third-order valence-corrected chi connectivity index (χ3v) is 4.28. The highest BCUT2D eigenvalue weighted by atomic mass is 32.2. The quantitative estimate of drug-likeness (QED) is 0.489. The Hall–Kier alpha value is -0.450. The Morgan fingerprint density at radius 2 is 2.29 bits per heavy atom. The Balaban J connectivity index is 2.79. The molecule has 0 aliphatic carbocycles. The average molecular weight is 240 g/mol. The van der Waals surface area contributed by atoms with Crippen LogP contribution in [0.5, 0.6) is 0 Å². The molecule has 4 heteroatoms. The molecule has 1 heterocycles. The van der Waals surface area contributed by atoms with E-state index in [2.05, 4.69) is 12.6 Å². The van der Waals surface area contributed by atoms with E-state index in [9.17, 15) is 4.79 Å². The van der Waals surface area contributed by atoms with Gasteiger partial charge >= 0.3 is 0 Å². The van der Waals surface area contributed by atoms with Crippen molar-refractivity contribution in [3.8, 4) is 0 Å². The zero-order valence-electron chi connectivity index (χ0n) is 7.48. The van der Waals surface area contributed by atoms with Crippen LogP contribution in [0.2, 0.25) is 0 Å². The maximum absolute atomic E-state index is 10.8. The highest BCUT2D eigenvalue weighted by Gasteiger charge is 2.07. The van der Waals surface area contributed by atoms with Gasteiger partial charge in [-0.05, 0) is 18.4 Å². The van der Waals surface area contributed by atoms with Crippen LogP contribution in [-0.2, 0) is 0 Å². The third kappa shape index (κ3) is 1.58. The normalized spacial score (nSPS) is 10.7. The first-order chi connectivity index (χ1) is 6.76. The first-order valence-corrected chi connectivity index (χ1v) is 6.55. The number of hydrogen-bond acceptors (Lipinski definition) is 4. The number of fused-ring (bicyclic) bond motifs is 1. The van der Waals surface area contributed by atoms with Crippen molar-refractivity contribution in [1.82, 2.24) is 0 Å². The van der Waals surface area contributed by atoms with Gasteiger partial charge in [-0.15, -0.1) is 35.7 Å². The molecule has 1 aromatic heterocycles. The zero-order valence-corrected chi connectivity index (χ0v) is 10.0. The Morgan fingerprint density at radius 3 is 2.93 bits per heavy atom. The maximum atomic E-state index is 10.8. The number of thioether (sulfide) groups is 1. The fourth-order valence-corrected chi connectivity index (χ4v) is 3.21. The Bertz CT molecular complexity index is 487. The second-order valence-corrected chi connectivity index (χ2v) is 5.07. The van der Waals surface area contributed by atoms with Crippen LogP contribution < -0.4 is 0 Å². The first kappa shape index (κ1) is 10.1. The number of carbonyl (C=O) groups excluding carboxylic acids is 1. The highest BCUT2D eigenvalue weighted by molar-refractivity contribution is 7.98. The number of aldehydes is 1. The van der Waals surface area contributed by atoms with Crippen LogP contribution in [0.3, 0.4) is 0 Å². The van der Waals surface area contributed by atoms with E-state index in [0.717, 1.165) is 31.7 Å². The summed E-state index contributed by atoms with van der Waals surface area (Å²) in [4.78, 5) is 12.9. The van der Waals surface area contributed by atoms with Gasteiger partial charge in [0.15, 0.2) is 6.29 Å². The van der Waals surface area contributed by atoms with Gasteiger partial charge in [-0.25, -0.2) is 0 Å². The second-order valence-electron chi connectivity index (χ2n) is 2.83. The molecule has 0 spiro atoms. The number of carbonyl (C=O) groups is 1. The molecule has 0 saturated carbocycles. The molecule has 2 aromatic rings. The molecule has 0 fully saturated rings. The Kier molecular flexibility index (Phi) is 2.85. The molecule has 0 radical (unpaired) electrons. The van der Waals surface area contributed by atoms with E-state index in [-0.39, 0.29) is 0 Å². The summed E-state index contributed by atoms with van der Waals surface area (Å²) in [6, 6.07) is 4.07. The number of benzene rings is 1. The summed E-state index contributed by atoms with van der Waals surface area (Å²) in [7, 11) is 0. The summed E-state index contributed by atoms with van der Waals surface area (Å²) < 4.78 is 1.09. The van der Waals surface area contributed by atoms with Crippen molar-refractivity contribution in [2.45, 2.75) is 9.79 Å². The Labute approximate surface area is 95.9 Å². The van der Waals surface area contributed by atoms with Crippen LogP contribution in [0.25, 0.3) is 10.1 Å². The van der Waals surface area contributed by atoms with Gasteiger partial charge in [0.05, 0.1) is 0 Å². The molecule has 0 amide bonds. The molecule has 72 valence electrons. The van der Waals surface area contributed by atoms with Gasteiger partial charge in [-0.1, -0.05) is 0 Å². The lowest BCUT2D eigenvalue weighted by Gasteiger charge is -2.00. The van der Waals surface area contributed by atoms with Gasteiger partial charge in [0, 0.05) is 30.8 Å². The third-order valence-electron chi connectivity index (χ3n) is 2.02. The predicted molar refractivity (Wildman–Crippen MR) is 66.2 cm³/mol. The Morgan fingerprint density at radius 1 is 1.50 bits per heavy atom. The molecule has 2 rings (SSSR count). The van der Waals surface area contributed by atoms with Gasteiger partial charge < -0.3 is 0 Å². The lowest BCUT2D eigenvalue weighted by Crippen LogP contribution is -1.77. The largest absolute Gasteiger partial charge is 0.298 e. The summed E-state index contributed by atoms with van der Waals surface area (Å²) >= 11 is 7.64. The molecule has 14 heavy (non-hydrogen) atoms. The van der Waals surface area contributed by atoms with E-state index >= 15 is 0 Å². The van der Waals surface area contributed by atoms with E-state index in [1.807, 2.05) is 23.8 Å². The van der Waals surface area contributed by atoms with E-state index in [1.165, 1.54) is 0 Å². The molecule has 1 aromatic carbocycles. The standard InChI is InChI=1S/C10H8OS3/c1-13-7-2-8-6(4-11)5-14-10(8)9(12)3-7/h2-5,12H,1H3. The molecule has 0 aliphatic heterocycles. The van der Waals surface area contributed by atoms with Crippen molar-refractivity contribution in [2.75, 3.05) is 6.26 Å². The summed E-state index contributed by atoms with van der Waals surface area (Å²) in [5, 5.41) is 2.89. The predicted octanol–water partition coefficient (Wildman–Crippen LogP) is 3.72. The fraction of sp³-hybridized carbons (Fsp3) is 0.100. The van der Waals surface area contributed by atoms with Crippen molar-refractivity contribution in [3.63, 3.8) is 0 Å². The topological polar surface area (TPSA) is 17.1 Å². The van der Waals surface area contributed by atoms with Crippen molar-refractivity contribution in [1.29, 1.82) is 0 Å². The van der Waals surface area contributed by atoms with Crippen molar-refractivity contribution < 1.29 is 4.79 Å². The molecule has 1 nitrogen and oxygen atoms in total. The molecule has 0 atom stereocenters. The van der Waals surface area contributed by atoms with Gasteiger partial charge in [0.25, 0.3) is 0 Å². The van der Waals surface area contributed by atoms with E-state index in [1.54, 1.807) is 23.1 Å². The van der Waals surface area contributed by atoms with Crippen molar-refractivity contribution in [2.24, 2.45) is 0 Å². The lowest BCUT2D eigenvalue weighted by molar-refractivity contribution is 0.112. The van der Waals surface area contributed by atoms with Crippen LogP contribution in [-0.4, -0.2) is 12.5 Å². The minimum Gasteiger partial charge on any atom is -0.298 e. The smallest absolute Gasteiger partial charge is 0.151 e. The van der Waals surface area contributed by atoms with Crippen molar-refractivity contribution in [3.05, 3.63) is 23.1 Å². The average Bonchev–Trinajstić information content (AvgIpc) is 2.61. The van der Waals surface area contributed by atoms with E-state index in [0.29, 0.717) is 0 Å². The number of thiol groups is 1. The number of thiophene rings is 1. The summed E-state index contributed by atoms with van der Waals surface area (Å²) in [5.41, 5.74) is 0.760. The SMILES string of the molecule is CSc1cc(S)c2scc(C=O)c2c1. The van der Waals surface area contributed by atoms with Gasteiger partial charge in [-0.3, -0.25) is 4.79 Å². The molecule has 0 bridgehead atoms. The minimum absolute atomic E-state index is 0.760. The summed E-state index contributed by atoms with van der Waals surface area (Å²) in [6.07, 6.45) is 2.91.